The molecule has 0 bridgehead atoms. The van der Waals surface area contributed by atoms with Crippen molar-refractivity contribution in [2.75, 3.05) is 21.3 Å². The Morgan fingerprint density at radius 2 is 1.60 bits per heavy atom. The molecule has 0 saturated heterocycles. The zero-order chi connectivity index (χ0) is 21.7. The number of methoxy groups -OCH3 is 3. The van der Waals surface area contributed by atoms with Crippen molar-refractivity contribution < 1.29 is 19.0 Å². The van der Waals surface area contributed by atoms with E-state index in [1.807, 2.05) is 30.3 Å². The van der Waals surface area contributed by atoms with Gasteiger partial charge in [-0.25, -0.2) is 0 Å². The third kappa shape index (κ3) is 4.32. The summed E-state index contributed by atoms with van der Waals surface area (Å²) in [5.74, 6) is 0.224. The Kier molecular flexibility index (Phi) is 6.46. The van der Waals surface area contributed by atoms with Crippen LogP contribution in [0, 0.1) is 0 Å². The van der Waals surface area contributed by atoms with Crippen molar-refractivity contribution in [3.63, 3.8) is 0 Å². The number of hydrogen-bond acceptors (Lipinski definition) is 5. The van der Waals surface area contributed by atoms with Crippen LogP contribution in [-0.4, -0.2) is 37.4 Å². The molecule has 3 rings (SSSR count). The van der Waals surface area contributed by atoms with Crippen molar-refractivity contribution in [3.8, 4) is 17.2 Å². The van der Waals surface area contributed by atoms with Gasteiger partial charge in [0.05, 0.1) is 21.3 Å². The molecule has 1 atom stereocenters. The van der Waals surface area contributed by atoms with E-state index in [1.54, 1.807) is 12.1 Å². The molecule has 3 aromatic rings. The fraction of sp³-hybridized carbons (Fsp3) is 0.273. The fourth-order valence-corrected chi connectivity index (χ4v) is 3.61. The Balaban J connectivity index is 2.16. The first kappa shape index (κ1) is 21.0. The topological polar surface area (TPSA) is 119 Å². The normalized spacial score (nSPS) is 11.7. The molecule has 0 aliphatic heterocycles. The molecular formula is C22H25N3O5. The fourth-order valence-electron chi connectivity index (χ4n) is 3.61. The van der Waals surface area contributed by atoms with Crippen molar-refractivity contribution in [1.29, 1.82) is 0 Å². The molecule has 4 N–H and O–H groups in total. The lowest BCUT2D eigenvalue weighted by molar-refractivity contribution is -0.118. The van der Waals surface area contributed by atoms with Crippen molar-refractivity contribution >= 4 is 5.91 Å². The van der Waals surface area contributed by atoms with E-state index in [2.05, 4.69) is 10.2 Å². The third-order valence-electron chi connectivity index (χ3n) is 4.99. The maximum Gasteiger partial charge on any atom is 0.267 e. The predicted molar refractivity (Wildman–Crippen MR) is 112 cm³/mol. The van der Waals surface area contributed by atoms with Crippen molar-refractivity contribution in [2.24, 2.45) is 5.73 Å². The number of carbonyl (C=O) groups is 1. The van der Waals surface area contributed by atoms with Crippen LogP contribution in [0.3, 0.4) is 0 Å². The number of nitrogens with two attached hydrogens (primary N) is 1. The Morgan fingerprint density at radius 1 is 0.967 bits per heavy atom. The second-order valence-corrected chi connectivity index (χ2v) is 6.81. The summed E-state index contributed by atoms with van der Waals surface area (Å²) in [7, 11) is 4.55. The number of benzene rings is 2. The molecule has 0 aliphatic carbocycles. The van der Waals surface area contributed by atoms with Crippen LogP contribution in [0.4, 0.5) is 0 Å². The van der Waals surface area contributed by atoms with Gasteiger partial charge in [0.1, 0.15) is 5.75 Å². The molecule has 0 fully saturated rings. The van der Waals surface area contributed by atoms with Gasteiger partial charge in [-0.3, -0.25) is 14.7 Å². The first-order chi connectivity index (χ1) is 14.5. The lowest BCUT2D eigenvalue weighted by atomic mass is 9.86. The number of amides is 1. The van der Waals surface area contributed by atoms with Gasteiger partial charge in [-0.15, -0.1) is 0 Å². The van der Waals surface area contributed by atoms with Crippen LogP contribution in [-0.2, 0) is 11.2 Å². The van der Waals surface area contributed by atoms with E-state index < -0.39 is 11.8 Å². The number of hydrogen-bond donors (Lipinski definition) is 3. The highest BCUT2D eigenvalue weighted by Crippen LogP contribution is 2.41. The molecule has 8 nitrogen and oxygen atoms in total. The monoisotopic (exact) mass is 411 g/mol. The first-order valence-electron chi connectivity index (χ1n) is 9.40. The van der Waals surface area contributed by atoms with Crippen LogP contribution in [0.15, 0.2) is 47.3 Å². The molecule has 0 radical (unpaired) electrons. The average Bonchev–Trinajstić information content (AvgIpc) is 3.11. The van der Waals surface area contributed by atoms with Crippen LogP contribution in [0.2, 0.25) is 0 Å². The van der Waals surface area contributed by atoms with Gasteiger partial charge in [0, 0.05) is 41.6 Å². The van der Waals surface area contributed by atoms with E-state index >= 15 is 0 Å². The van der Waals surface area contributed by atoms with Crippen LogP contribution in [0.1, 0.15) is 34.7 Å². The zero-order valence-electron chi connectivity index (χ0n) is 17.2. The van der Waals surface area contributed by atoms with Gasteiger partial charge in [0.15, 0.2) is 11.5 Å². The Morgan fingerprint density at radius 3 is 2.20 bits per heavy atom. The third-order valence-corrected chi connectivity index (χ3v) is 4.99. The quantitative estimate of drug-likeness (QED) is 0.499. The van der Waals surface area contributed by atoms with E-state index in [0.29, 0.717) is 40.5 Å². The van der Waals surface area contributed by atoms with E-state index in [4.69, 9.17) is 19.9 Å². The minimum Gasteiger partial charge on any atom is -0.496 e. The molecule has 8 heteroatoms. The van der Waals surface area contributed by atoms with Crippen molar-refractivity contribution in [3.05, 3.63) is 75.2 Å². The Hall–Kier alpha value is -3.68. The minimum absolute atomic E-state index is 0.0748. The summed E-state index contributed by atoms with van der Waals surface area (Å²) in [6, 6.07) is 13.1. The van der Waals surface area contributed by atoms with Gasteiger partial charge in [0.25, 0.3) is 5.56 Å². The van der Waals surface area contributed by atoms with Gasteiger partial charge in [-0.2, -0.15) is 0 Å². The molecule has 1 unspecified atom stereocenters. The maximum absolute atomic E-state index is 12.8. The summed E-state index contributed by atoms with van der Waals surface area (Å²) in [5, 5.41) is 5.59. The Bertz CT molecular complexity index is 1070. The van der Waals surface area contributed by atoms with E-state index in [-0.39, 0.29) is 12.0 Å². The number of aromatic amines is 2. The highest BCUT2D eigenvalue weighted by Gasteiger charge is 2.28. The second-order valence-electron chi connectivity index (χ2n) is 6.81. The maximum atomic E-state index is 12.8. The smallest absolute Gasteiger partial charge is 0.267 e. The number of aromatic nitrogens is 2. The highest BCUT2D eigenvalue weighted by molar-refractivity contribution is 5.76. The van der Waals surface area contributed by atoms with Crippen LogP contribution >= 0.6 is 0 Å². The zero-order valence-corrected chi connectivity index (χ0v) is 17.2. The van der Waals surface area contributed by atoms with Gasteiger partial charge in [0.2, 0.25) is 5.91 Å². The molecule has 30 heavy (non-hydrogen) atoms. The van der Waals surface area contributed by atoms with Gasteiger partial charge < -0.3 is 25.0 Å². The second kappa shape index (κ2) is 9.21. The lowest BCUT2D eigenvalue weighted by Gasteiger charge is -2.21. The van der Waals surface area contributed by atoms with E-state index in [1.165, 1.54) is 21.3 Å². The molecule has 0 spiro atoms. The standard InChI is InChI=1S/C22H25N3O5/c1-28-17-12-19(30-3)18(29-2)10-14(17)15(11-20(23)26)21-16(24-25-22(21)27)9-13-7-5-4-6-8-13/h4-8,10,12,15H,9,11H2,1-3H3,(H2,23,26)(H2,24,25,27). The molecule has 1 amide bonds. The summed E-state index contributed by atoms with van der Waals surface area (Å²) < 4.78 is 16.3. The number of ether oxygens (including phenoxy) is 3. The number of rotatable bonds is 9. The van der Waals surface area contributed by atoms with E-state index in [9.17, 15) is 9.59 Å². The SMILES string of the molecule is COc1cc(OC)c(C(CC(N)=O)c2c(Cc3ccccc3)[nH][nH]c2=O)cc1OC. The summed E-state index contributed by atoms with van der Waals surface area (Å²) in [6.45, 7) is 0. The van der Waals surface area contributed by atoms with Crippen LogP contribution in [0.5, 0.6) is 17.2 Å². The number of H-pyrrole nitrogens is 2. The largest absolute Gasteiger partial charge is 0.496 e. The van der Waals surface area contributed by atoms with Gasteiger partial charge >= 0.3 is 0 Å². The van der Waals surface area contributed by atoms with E-state index in [0.717, 1.165) is 5.56 Å². The molecule has 1 aromatic heterocycles. The molecule has 158 valence electrons. The lowest BCUT2D eigenvalue weighted by Crippen LogP contribution is -2.21. The predicted octanol–water partition coefficient (Wildman–Crippen LogP) is 2.33. The minimum atomic E-state index is -0.633. The number of nitrogens with one attached hydrogen (secondary N) is 2. The Labute approximate surface area is 174 Å². The number of carbonyl (C=O) groups excluding carboxylic acids is 1. The number of primary amides is 1. The first-order valence-corrected chi connectivity index (χ1v) is 9.40. The van der Waals surface area contributed by atoms with Crippen LogP contribution in [0.25, 0.3) is 0 Å². The van der Waals surface area contributed by atoms with Gasteiger partial charge in [-0.1, -0.05) is 30.3 Å². The average molecular weight is 411 g/mol. The summed E-state index contributed by atoms with van der Waals surface area (Å²) >= 11 is 0. The highest BCUT2D eigenvalue weighted by atomic mass is 16.5. The summed E-state index contributed by atoms with van der Waals surface area (Å²) in [5.41, 5.74) is 7.97. The summed E-state index contributed by atoms with van der Waals surface area (Å²) in [4.78, 5) is 24.7. The van der Waals surface area contributed by atoms with Gasteiger partial charge in [-0.05, 0) is 11.6 Å². The molecule has 2 aromatic carbocycles. The summed E-state index contributed by atoms with van der Waals surface area (Å²) in [6.07, 6.45) is 0.411. The molecule has 1 heterocycles. The molecule has 0 aliphatic rings. The van der Waals surface area contributed by atoms with Crippen LogP contribution < -0.4 is 25.5 Å². The molecule has 0 saturated carbocycles. The van der Waals surface area contributed by atoms with Crippen molar-refractivity contribution in [2.45, 2.75) is 18.8 Å². The van der Waals surface area contributed by atoms with Crippen molar-refractivity contribution in [1.82, 2.24) is 10.2 Å². The molecular weight excluding hydrogens is 386 g/mol.